The lowest BCUT2D eigenvalue weighted by atomic mass is 10.1. The van der Waals surface area contributed by atoms with E-state index in [-0.39, 0.29) is 27.9 Å². The van der Waals surface area contributed by atoms with Crippen molar-refractivity contribution in [1.29, 1.82) is 0 Å². The fraction of sp³-hybridized carbons (Fsp3) is 0.333. The van der Waals surface area contributed by atoms with Gasteiger partial charge in [0.05, 0.1) is 23.1 Å². The second-order valence-corrected chi connectivity index (χ2v) is 5.13. The summed E-state index contributed by atoms with van der Waals surface area (Å²) in [6.45, 7) is 0.622. The zero-order chi connectivity index (χ0) is 16.2. The van der Waals surface area contributed by atoms with Crippen LogP contribution in [0.4, 0.5) is 5.69 Å². The molecule has 1 unspecified atom stereocenters. The molecule has 0 aliphatic carbocycles. The minimum Gasteiger partial charge on any atom is -0.505 e. The molecule has 0 saturated carbocycles. The van der Waals surface area contributed by atoms with Crippen LogP contribution in [0.1, 0.15) is 24.8 Å². The maximum absolute atomic E-state index is 11.2. The molecule has 3 rings (SSSR count). The number of non-ortho nitro benzene ring substituents is 1. The Hall–Kier alpha value is -2.74. The minimum absolute atomic E-state index is 0.150. The minimum atomic E-state index is -0.522. The zero-order valence-corrected chi connectivity index (χ0v) is 12.2. The van der Waals surface area contributed by atoms with E-state index in [9.17, 15) is 15.2 Å². The Morgan fingerprint density at radius 1 is 1.52 bits per heavy atom. The first-order valence-electron chi connectivity index (χ1n) is 7.22. The SMILES string of the molecule is O=[N+]([O-])c1cc(/C=N/OC2CCCCO2)c(O)c2ncccc12. The van der Waals surface area contributed by atoms with Crippen LogP contribution in [-0.4, -0.2) is 34.1 Å². The van der Waals surface area contributed by atoms with E-state index in [1.54, 1.807) is 6.07 Å². The number of pyridine rings is 1. The first-order valence-corrected chi connectivity index (χ1v) is 7.22. The number of ether oxygens (including phenoxy) is 1. The van der Waals surface area contributed by atoms with Gasteiger partial charge in [-0.2, -0.15) is 0 Å². The lowest BCUT2D eigenvalue weighted by Gasteiger charge is -2.19. The summed E-state index contributed by atoms with van der Waals surface area (Å²) in [6.07, 6.45) is 5.00. The number of nitrogens with zero attached hydrogens (tertiary/aromatic N) is 3. The second-order valence-electron chi connectivity index (χ2n) is 5.13. The molecule has 1 N–H and O–H groups in total. The highest BCUT2D eigenvalue weighted by atomic mass is 16.8. The van der Waals surface area contributed by atoms with Gasteiger partial charge in [-0.25, -0.2) is 0 Å². The summed E-state index contributed by atoms with van der Waals surface area (Å²) in [5.41, 5.74) is 0.164. The van der Waals surface area contributed by atoms with Crippen molar-refractivity contribution < 1.29 is 19.6 Å². The highest BCUT2D eigenvalue weighted by molar-refractivity contribution is 5.99. The number of aromatic nitrogens is 1. The molecule has 0 spiro atoms. The van der Waals surface area contributed by atoms with Crippen molar-refractivity contribution in [3.05, 3.63) is 40.1 Å². The molecule has 1 atom stereocenters. The third-order valence-corrected chi connectivity index (χ3v) is 3.58. The standard InChI is InChI=1S/C15H15N3O5/c19-15-10(9-17-23-13-5-1-2-7-22-13)8-12(18(20)21)11-4-3-6-16-14(11)15/h3-4,6,8-9,13,19H,1-2,5,7H2/b17-9+. The van der Waals surface area contributed by atoms with E-state index >= 15 is 0 Å². The quantitative estimate of drug-likeness (QED) is 0.528. The van der Waals surface area contributed by atoms with E-state index in [4.69, 9.17) is 9.57 Å². The van der Waals surface area contributed by atoms with Gasteiger partial charge in [0.2, 0.25) is 6.29 Å². The van der Waals surface area contributed by atoms with Crippen LogP contribution in [0.15, 0.2) is 29.6 Å². The van der Waals surface area contributed by atoms with Crippen LogP contribution in [0.5, 0.6) is 5.75 Å². The van der Waals surface area contributed by atoms with Crippen molar-refractivity contribution >= 4 is 22.8 Å². The number of phenols is 1. The van der Waals surface area contributed by atoms with Crippen LogP contribution in [0, 0.1) is 10.1 Å². The fourth-order valence-corrected chi connectivity index (χ4v) is 2.43. The topological polar surface area (TPSA) is 107 Å². The number of aromatic hydroxyl groups is 1. The molecular formula is C15H15N3O5. The summed E-state index contributed by atoms with van der Waals surface area (Å²) < 4.78 is 5.36. The Balaban J connectivity index is 1.90. The lowest BCUT2D eigenvalue weighted by molar-refractivity contribution is -0.383. The Morgan fingerprint density at radius 2 is 2.39 bits per heavy atom. The molecule has 8 nitrogen and oxygen atoms in total. The number of oxime groups is 1. The number of hydrogen-bond donors (Lipinski definition) is 1. The molecule has 1 fully saturated rings. The first-order chi connectivity index (χ1) is 11.2. The van der Waals surface area contributed by atoms with E-state index < -0.39 is 11.2 Å². The molecule has 8 heteroatoms. The van der Waals surface area contributed by atoms with Gasteiger partial charge in [-0.05, 0) is 25.0 Å². The Bertz CT molecular complexity index is 756. The molecule has 1 aromatic carbocycles. The zero-order valence-electron chi connectivity index (χ0n) is 12.2. The summed E-state index contributed by atoms with van der Waals surface area (Å²) in [5.74, 6) is -0.178. The van der Waals surface area contributed by atoms with Crippen LogP contribution >= 0.6 is 0 Å². The Morgan fingerprint density at radius 3 is 3.13 bits per heavy atom. The molecule has 1 aromatic heterocycles. The van der Waals surface area contributed by atoms with E-state index in [0.29, 0.717) is 6.61 Å². The molecular weight excluding hydrogens is 302 g/mol. The smallest absolute Gasteiger partial charge is 0.279 e. The van der Waals surface area contributed by atoms with Gasteiger partial charge in [0, 0.05) is 24.2 Å². The van der Waals surface area contributed by atoms with Crippen molar-refractivity contribution in [3.63, 3.8) is 0 Å². The first kappa shape index (κ1) is 15.2. The molecule has 1 aliphatic rings. The molecule has 0 amide bonds. The van der Waals surface area contributed by atoms with Crippen molar-refractivity contribution in [2.24, 2.45) is 5.16 Å². The molecule has 0 radical (unpaired) electrons. The van der Waals surface area contributed by atoms with E-state index in [1.807, 2.05) is 0 Å². The molecule has 1 aliphatic heterocycles. The average molecular weight is 317 g/mol. The molecule has 0 bridgehead atoms. The molecule has 1 saturated heterocycles. The van der Waals surface area contributed by atoms with Gasteiger partial charge in [-0.15, -0.1) is 0 Å². The van der Waals surface area contributed by atoms with Gasteiger partial charge in [-0.1, -0.05) is 5.16 Å². The van der Waals surface area contributed by atoms with Gasteiger partial charge in [0.15, 0.2) is 5.75 Å². The molecule has 120 valence electrons. The third-order valence-electron chi connectivity index (χ3n) is 3.58. The highest BCUT2D eigenvalue weighted by Crippen LogP contribution is 2.33. The monoisotopic (exact) mass is 317 g/mol. The van der Waals surface area contributed by atoms with Gasteiger partial charge in [0.25, 0.3) is 5.69 Å². The van der Waals surface area contributed by atoms with Crippen molar-refractivity contribution in [3.8, 4) is 5.75 Å². The number of fused-ring (bicyclic) bond motifs is 1. The lowest BCUT2D eigenvalue weighted by Crippen LogP contribution is -2.20. The maximum atomic E-state index is 11.2. The van der Waals surface area contributed by atoms with E-state index in [2.05, 4.69) is 10.1 Å². The van der Waals surface area contributed by atoms with Gasteiger partial charge in [0.1, 0.15) is 5.52 Å². The summed E-state index contributed by atoms with van der Waals surface area (Å²) in [4.78, 5) is 19.9. The Kier molecular flexibility index (Phi) is 4.33. The predicted octanol–water partition coefficient (Wildman–Crippen LogP) is 2.73. The number of nitro benzene ring substituents is 1. The number of benzene rings is 1. The second kappa shape index (κ2) is 6.57. The highest BCUT2D eigenvalue weighted by Gasteiger charge is 2.19. The van der Waals surface area contributed by atoms with E-state index in [1.165, 1.54) is 24.5 Å². The summed E-state index contributed by atoms with van der Waals surface area (Å²) in [7, 11) is 0. The maximum Gasteiger partial charge on any atom is 0.279 e. The van der Waals surface area contributed by atoms with Gasteiger partial charge < -0.3 is 14.7 Å². The normalized spacial score (nSPS) is 18.3. The van der Waals surface area contributed by atoms with Crippen LogP contribution in [0.25, 0.3) is 10.9 Å². The van der Waals surface area contributed by atoms with Crippen molar-refractivity contribution in [2.75, 3.05) is 6.61 Å². The molecule has 23 heavy (non-hydrogen) atoms. The Labute approximate surface area is 131 Å². The van der Waals surface area contributed by atoms with Crippen LogP contribution in [0.3, 0.4) is 0 Å². The van der Waals surface area contributed by atoms with Crippen LogP contribution in [0.2, 0.25) is 0 Å². The molecule has 2 heterocycles. The van der Waals surface area contributed by atoms with Crippen LogP contribution < -0.4 is 0 Å². The molecule has 2 aromatic rings. The summed E-state index contributed by atoms with van der Waals surface area (Å²) in [5, 5.41) is 25.5. The summed E-state index contributed by atoms with van der Waals surface area (Å²) >= 11 is 0. The summed E-state index contributed by atoms with van der Waals surface area (Å²) in [6, 6.07) is 4.35. The van der Waals surface area contributed by atoms with Crippen molar-refractivity contribution in [1.82, 2.24) is 4.98 Å². The largest absolute Gasteiger partial charge is 0.505 e. The average Bonchev–Trinajstić information content (AvgIpc) is 2.58. The van der Waals surface area contributed by atoms with Gasteiger partial charge >= 0.3 is 0 Å². The van der Waals surface area contributed by atoms with Crippen LogP contribution in [-0.2, 0) is 9.57 Å². The number of nitro groups is 1. The predicted molar refractivity (Wildman–Crippen MR) is 82.3 cm³/mol. The van der Waals surface area contributed by atoms with Crippen molar-refractivity contribution in [2.45, 2.75) is 25.6 Å². The fourth-order valence-electron chi connectivity index (χ4n) is 2.43. The number of rotatable bonds is 4. The van der Waals surface area contributed by atoms with Gasteiger partial charge in [-0.3, -0.25) is 15.1 Å². The third kappa shape index (κ3) is 3.21. The van der Waals surface area contributed by atoms with E-state index in [0.717, 1.165) is 19.3 Å². The number of hydrogen-bond acceptors (Lipinski definition) is 7. The number of phenolic OH excluding ortho intramolecular Hbond substituents is 1.